The van der Waals surface area contributed by atoms with Gasteiger partial charge in [0.15, 0.2) is 5.78 Å². The summed E-state index contributed by atoms with van der Waals surface area (Å²) in [5, 5.41) is 18.4. The fourth-order valence-corrected chi connectivity index (χ4v) is 1.07. The van der Waals surface area contributed by atoms with Crippen LogP contribution in [-0.4, -0.2) is 53.0 Å². The van der Waals surface area contributed by atoms with Crippen LogP contribution >= 0.6 is 0 Å². The number of esters is 1. The summed E-state index contributed by atoms with van der Waals surface area (Å²) in [6.07, 6.45) is -2.26. The first-order valence-corrected chi connectivity index (χ1v) is 4.59. The van der Waals surface area contributed by atoms with Crippen LogP contribution in [0.3, 0.4) is 0 Å². The van der Waals surface area contributed by atoms with Crippen LogP contribution in [-0.2, 0) is 14.3 Å². The third kappa shape index (κ3) is 5.46. The number of rotatable bonds is 6. The average molecular weight is 219 g/mol. The fraction of sp³-hybridized carbons (Fsp3) is 0.778. The van der Waals surface area contributed by atoms with Gasteiger partial charge in [0, 0.05) is 0 Å². The molecule has 0 radical (unpaired) electrons. The summed E-state index contributed by atoms with van der Waals surface area (Å²) in [6, 6.07) is 0. The number of aliphatic hydroxyl groups is 2. The zero-order valence-electron chi connectivity index (χ0n) is 9.14. The summed E-state index contributed by atoms with van der Waals surface area (Å²) in [6.45, 7) is 2.67. The van der Waals surface area contributed by atoms with Crippen LogP contribution in [0.2, 0.25) is 0 Å². The second kappa shape index (κ2) is 6.49. The van der Waals surface area contributed by atoms with Crippen molar-refractivity contribution in [3.8, 4) is 0 Å². The Morgan fingerprint density at radius 2 is 1.73 bits per heavy atom. The van der Waals surface area contributed by atoms with Gasteiger partial charge in [-0.2, -0.15) is 0 Å². The fourth-order valence-electron chi connectivity index (χ4n) is 1.07. The minimum Gasteiger partial charge on any atom is -0.469 e. The molecule has 0 aliphatic carbocycles. The lowest BCUT2D eigenvalue weighted by atomic mass is 10.2. The maximum Gasteiger partial charge on any atom is 0.313 e. The molecule has 0 aromatic heterocycles. The van der Waals surface area contributed by atoms with Crippen molar-refractivity contribution in [3.05, 3.63) is 0 Å². The van der Waals surface area contributed by atoms with Gasteiger partial charge in [0.05, 0.1) is 13.7 Å². The standard InChI is InChI=1S/C9H17NO5/c1-6(11)10(7(2)12)5-8(13)4-9(14)15-3/h6-7,11-12H,4-5H2,1-3H3. The highest BCUT2D eigenvalue weighted by molar-refractivity contribution is 5.96. The Morgan fingerprint density at radius 1 is 1.27 bits per heavy atom. The zero-order chi connectivity index (χ0) is 12.0. The van der Waals surface area contributed by atoms with E-state index in [4.69, 9.17) is 0 Å². The van der Waals surface area contributed by atoms with E-state index in [2.05, 4.69) is 4.74 Å². The van der Waals surface area contributed by atoms with Crippen LogP contribution in [0.1, 0.15) is 20.3 Å². The molecule has 0 saturated carbocycles. The topological polar surface area (TPSA) is 87.1 Å². The number of methoxy groups -OCH3 is 1. The lowest BCUT2D eigenvalue weighted by Crippen LogP contribution is -2.43. The predicted molar refractivity (Wildman–Crippen MR) is 51.7 cm³/mol. The number of hydrogen-bond acceptors (Lipinski definition) is 6. The molecule has 0 aromatic rings. The highest BCUT2D eigenvalue weighted by atomic mass is 16.5. The maximum atomic E-state index is 11.3. The van der Waals surface area contributed by atoms with Crippen LogP contribution in [0.5, 0.6) is 0 Å². The quantitative estimate of drug-likeness (QED) is 0.342. The van der Waals surface area contributed by atoms with Gasteiger partial charge in [0.2, 0.25) is 0 Å². The Morgan fingerprint density at radius 3 is 2.07 bits per heavy atom. The van der Waals surface area contributed by atoms with E-state index in [1.54, 1.807) is 0 Å². The van der Waals surface area contributed by atoms with Crippen molar-refractivity contribution in [1.82, 2.24) is 4.90 Å². The molecule has 0 saturated heterocycles. The molecule has 6 heteroatoms. The molecule has 0 amide bonds. The Hall–Kier alpha value is -0.980. The molecule has 0 heterocycles. The summed E-state index contributed by atoms with van der Waals surface area (Å²) >= 11 is 0. The summed E-state index contributed by atoms with van der Waals surface area (Å²) in [5.74, 6) is -1.04. The number of carbonyl (C=O) groups is 2. The minimum atomic E-state index is -0.952. The lowest BCUT2D eigenvalue weighted by Gasteiger charge is -2.26. The van der Waals surface area contributed by atoms with Crippen molar-refractivity contribution in [2.75, 3.05) is 13.7 Å². The number of ether oxygens (including phenoxy) is 1. The van der Waals surface area contributed by atoms with Crippen LogP contribution in [0.25, 0.3) is 0 Å². The molecule has 2 N–H and O–H groups in total. The van der Waals surface area contributed by atoms with E-state index in [1.165, 1.54) is 21.0 Å². The molecule has 0 aliphatic heterocycles. The lowest BCUT2D eigenvalue weighted by molar-refractivity contribution is -0.146. The summed E-state index contributed by atoms with van der Waals surface area (Å²) < 4.78 is 4.32. The second-order valence-corrected chi connectivity index (χ2v) is 3.23. The van der Waals surface area contributed by atoms with Gasteiger partial charge in [0.25, 0.3) is 0 Å². The molecule has 0 aromatic carbocycles. The van der Waals surface area contributed by atoms with Crippen LogP contribution in [0, 0.1) is 0 Å². The maximum absolute atomic E-state index is 11.3. The van der Waals surface area contributed by atoms with Crippen LogP contribution in [0.4, 0.5) is 0 Å². The van der Waals surface area contributed by atoms with Gasteiger partial charge in [-0.15, -0.1) is 0 Å². The van der Waals surface area contributed by atoms with E-state index in [9.17, 15) is 19.8 Å². The number of ketones is 1. The molecule has 0 fully saturated rings. The molecule has 6 nitrogen and oxygen atoms in total. The molecular weight excluding hydrogens is 202 g/mol. The monoisotopic (exact) mass is 219 g/mol. The Balaban J connectivity index is 4.18. The number of aliphatic hydroxyl groups excluding tert-OH is 2. The average Bonchev–Trinajstić information content (AvgIpc) is 2.12. The van der Waals surface area contributed by atoms with Gasteiger partial charge < -0.3 is 14.9 Å². The van der Waals surface area contributed by atoms with Crippen molar-refractivity contribution < 1.29 is 24.5 Å². The Kier molecular flexibility index (Phi) is 6.07. The van der Waals surface area contributed by atoms with Gasteiger partial charge in [-0.25, -0.2) is 4.90 Å². The van der Waals surface area contributed by atoms with E-state index >= 15 is 0 Å². The molecule has 0 rings (SSSR count). The highest BCUT2D eigenvalue weighted by Crippen LogP contribution is 2.02. The molecular formula is C9H17NO5. The van der Waals surface area contributed by atoms with E-state index in [0.29, 0.717) is 0 Å². The first-order chi connectivity index (χ1) is 6.88. The third-order valence-electron chi connectivity index (χ3n) is 1.89. The largest absolute Gasteiger partial charge is 0.469 e. The van der Waals surface area contributed by atoms with Gasteiger partial charge in [-0.05, 0) is 13.8 Å². The highest BCUT2D eigenvalue weighted by Gasteiger charge is 2.20. The molecule has 0 aliphatic rings. The van der Waals surface area contributed by atoms with Crippen molar-refractivity contribution >= 4 is 11.8 Å². The second-order valence-electron chi connectivity index (χ2n) is 3.23. The number of hydrogen-bond donors (Lipinski definition) is 2. The summed E-state index contributed by atoms with van der Waals surface area (Å²) in [7, 11) is 1.19. The van der Waals surface area contributed by atoms with Gasteiger partial charge in [-0.1, -0.05) is 0 Å². The summed E-state index contributed by atoms with van der Waals surface area (Å²) in [5.41, 5.74) is 0. The minimum absolute atomic E-state index is 0.190. The Bertz CT molecular complexity index is 219. The zero-order valence-corrected chi connectivity index (χ0v) is 9.14. The van der Waals surface area contributed by atoms with Gasteiger partial charge in [-0.3, -0.25) is 9.59 Å². The molecule has 0 spiro atoms. The van der Waals surface area contributed by atoms with Crippen molar-refractivity contribution in [2.24, 2.45) is 0 Å². The first kappa shape index (κ1) is 14.0. The van der Waals surface area contributed by atoms with Crippen molar-refractivity contribution in [2.45, 2.75) is 32.7 Å². The van der Waals surface area contributed by atoms with E-state index in [1.807, 2.05) is 0 Å². The number of nitrogens with zero attached hydrogens (tertiary/aromatic N) is 1. The molecule has 2 unspecified atom stereocenters. The summed E-state index contributed by atoms with van der Waals surface area (Å²) in [4.78, 5) is 23.2. The molecule has 0 bridgehead atoms. The smallest absolute Gasteiger partial charge is 0.313 e. The van der Waals surface area contributed by atoms with Gasteiger partial charge in [0.1, 0.15) is 18.9 Å². The number of carbonyl (C=O) groups excluding carboxylic acids is 2. The SMILES string of the molecule is COC(=O)CC(=O)CN(C(C)O)C(C)O. The van der Waals surface area contributed by atoms with Crippen LogP contribution < -0.4 is 0 Å². The Labute approximate surface area is 88.4 Å². The van der Waals surface area contributed by atoms with Crippen LogP contribution in [0.15, 0.2) is 0 Å². The van der Waals surface area contributed by atoms with E-state index in [-0.39, 0.29) is 13.0 Å². The number of Topliss-reactive ketones (excluding diaryl/α,β-unsaturated/α-hetero) is 1. The van der Waals surface area contributed by atoms with E-state index < -0.39 is 24.2 Å². The first-order valence-electron chi connectivity index (χ1n) is 4.59. The molecule has 88 valence electrons. The van der Waals surface area contributed by atoms with Crippen molar-refractivity contribution in [1.29, 1.82) is 0 Å². The molecule has 2 atom stereocenters. The molecule has 15 heavy (non-hydrogen) atoms. The van der Waals surface area contributed by atoms with Crippen molar-refractivity contribution in [3.63, 3.8) is 0 Å². The normalized spacial score (nSPS) is 14.8. The van der Waals surface area contributed by atoms with Gasteiger partial charge >= 0.3 is 5.97 Å². The van der Waals surface area contributed by atoms with E-state index in [0.717, 1.165) is 4.90 Å². The third-order valence-corrected chi connectivity index (χ3v) is 1.89. The predicted octanol–water partition coefficient (Wildman–Crippen LogP) is -0.903.